The van der Waals surface area contributed by atoms with Crippen molar-refractivity contribution in [3.05, 3.63) is 60.3 Å². The summed E-state index contributed by atoms with van der Waals surface area (Å²) in [6, 6.07) is 9.11. The fraction of sp³-hybridized carbons (Fsp3) is 0.118. The van der Waals surface area contributed by atoms with Crippen molar-refractivity contribution in [2.75, 3.05) is 5.32 Å². The molecule has 0 fully saturated rings. The maximum Gasteiger partial charge on any atom is 0.387 e. The second-order valence-corrected chi connectivity index (χ2v) is 6.44. The van der Waals surface area contributed by atoms with E-state index in [-0.39, 0.29) is 11.6 Å². The molecule has 4 aromatic rings. The summed E-state index contributed by atoms with van der Waals surface area (Å²) in [4.78, 5) is 9.22. The Hall–Kier alpha value is -3.14. The SMILES string of the molecule is Fc1ccc(-c2cn3nc(NCc4ccc(OC(F)F)cn4)sc3n2)cc1. The average Bonchev–Trinajstić information content (AvgIpc) is 3.20. The van der Waals surface area contributed by atoms with Crippen LogP contribution in [-0.4, -0.2) is 26.2 Å². The van der Waals surface area contributed by atoms with Crippen LogP contribution in [0.5, 0.6) is 5.75 Å². The molecule has 0 atom stereocenters. The number of fused-ring (bicyclic) bond motifs is 1. The number of alkyl halides is 2. The van der Waals surface area contributed by atoms with E-state index in [4.69, 9.17) is 0 Å². The highest BCUT2D eigenvalue weighted by atomic mass is 32.1. The standard InChI is InChI=1S/C17H12F3N5OS/c18-11-3-1-10(2-4-11)14-9-25-17(23-14)27-16(24-25)22-7-12-5-6-13(8-21-12)26-15(19)20/h1-6,8-9,15H,7H2,(H,22,24). The zero-order valence-corrected chi connectivity index (χ0v) is 14.5. The molecule has 0 amide bonds. The lowest BCUT2D eigenvalue weighted by molar-refractivity contribution is -0.0500. The highest BCUT2D eigenvalue weighted by molar-refractivity contribution is 7.20. The van der Waals surface area contributed by atoms with E-state index < -0.39 is 6.61 Å². The van der Waals surface area contributed by atoms with Gasteiger partial charge >= 0.3 is 6.61 Å². The van der Waals surface area contributed by atoms with Crippen molar-refractivity contribution < 1.29 is 17.9 Å². The summed E-state index contributed by atoms with van der Waals surface area (Å²) in [5.41, 5.74) is 2.16. The zero-order valence-electron chi connectivity index (χ0n) is 13.6. The first-order valence-electron chi connectivity index (χ1n) is 7.82. The maximum atomic E-state index is 13.0. The topological polar surface area (TPSA) is 64.3 Å². The van der Waals surface area contributed by atoms with Gasteiger partial charge in [0.15, 0.2) is 0 Å². The van der Waals surface area contributed by atoms with E-state index in [1.165, 1.54) is 35.7 Å². The van der Waals surface area contributed by atoms with Crippen molar-refractivity contribution in [2.45, 2.75) is 13.2 Å². The molecular weight excluding hydrogens is 379 g/mol. The Morgan fingerprint density at radius 2 is 1.96 bits per heavy atom. The molecule has 0 radical (unpaired) electrons. The van der Waals surface area contributed by atoms with E-state index >= 15 is 0 Å². The molecule has 0 saturated carbocycles. The van der Waals surface area contributed by atoms with Crippen LogP contribution >= 0.6 is 11.3 Å². The van der Waals surface area contributed by atoms with Crippen LogP contribution in [0.3, 0.4) is 0 Å². The van der Waals surface area contributed by atoms with Gasteiger partial charge in [0.1, 0.15) is 11.6 Å². The molecule has 6 nitrogen and oxygen atoms in total. The zero-order chi connectivity index (χ0) is 18.8. The predicted octanol–water partition coefficient (Wildman–Crippen LogP) is 4.21. The summed E-state index contributed by atoms with van der Waals surface area (Å²) in [5.74, 6) is -0.290. The fourth-order valence-electron chi connectivity index (χ4n) is 2.39. The van der Waals surface area contributed by atoms with Gasteiger partial charge in [0.05, 0.1) is 30.3 Å². The van der Waals surface area contributed by atoms with Gasteiger partial charge in [-0.2, -0.15) is 8.78 Å². The summed E-state index contributed by atoms with van der Waals surface area (Å²) in [5, 5.41) is 8.13. The van der Waals surface area contributed by atoms with E-state index in [0.29, 0.717) is 28.0 Å². The van der Waals surface area contributed by atoms with Gasteiger partial charge in [-0.15, -0.1) is 5.10 Å². The highest BCUT2D eigenvalue weighted by Crippen LogP contribution is 2.25. The first kappa shape index (κ1) is 17.3. The third-order valence-electron chi connectivity index (χ3n) is 3.63. The van der Waals surface area contributed by atoms with Crippen molar-refractivity contribution in [1.82, 2.24) is 19.6 Å². The van der Waals surface area contributed by atoms with Crippen LogP contribution in [0.2, 0.25) is 0 Å². The number of nitrogens with one attached hydrogen (secondary N) is 1. The van der Waals surface area contributed by atoms with Gasteiger partial charge in [-0.25, -0.2) is 13.9 Å². The van der Waals surface area contributed by atoms with Gasteiger partial charge in [-0.3, -0.25) is 4.98 Å². The van der Waals surface area contributed by atoms with Gasteiger partial charge in [0.25, 0.3) is 0 Å². The number of aromatic nitrogens is 4. The number of pyridine rings is 1. The van der Waals surface area contributed by atoms with E-state index in [2.05, 4.69) is 25.1 Å². The molecule has 3 aromatic heterocycles. The molecule has 1 aromatic carbocycles. The number of imidazole rings is 1. The number of hydrogen-bond acceptors (Lipinski definition) is 6. The minimum atomic E-state index is -2.87. The molecule has 138 valence electrons. The van der Waals surface area contributed by atoms with Gasteiger partial charge in [-0.05, 0) is 36.4 Å². The summed E-state index contributed by atoms with van der Waals surface area (Å²) >= 11 is 1.35. The highest BCUT2D eigenvalue weighted by Gasteiger charge is 2.10. The summed E-state index contributed by atoms with van der Waals surface area (Å²) in [6.45, 7) is -2.50. The van der Waals surface area contributed by atoms with Gasteiger partial charge < -0.3 is 10.1 Å². The molecule has 10 heteroatoms. The molecule has 3 heterocycles. The molecule has 0 aliphatic carbocycles. The Bertz CT molecular complexity index is 1020. The van der Waals surface area contributed by atoms with Crippen molar-refractivity contribution in [2.24, 2.45) is 0 Å². The first-order valence-corrected chi connectivity index (χ1v) is 8.64. The number of anilines is 1. The molecule has 4 rings (SSSR count). The van der Waals surface area contributed by atoms with Gasteiger partial charge in [0.2, 0.25) is 10.1 Å². The maximum absolute atomic E-state index is 13.0. The van der Waals surface area contributed by atoms with Gasteiger partial charge in [-0.1, -0.05) is 11.3 Å². The molecule has 0 saturated heterocycles. The van der Waals surface area contributed by atoms with Crippen LogP contribution in [-0.2, 0) is 6.54 Å². The molecule has 27 heavy (non-hydrogen) atoms. The number of rotatable bonds is 6. The van der Waals surface area contributed by atoms with E-state index in [0.717, 1.165) is 5.56 Å². The summed E-state index contributed by atoms with van der Waals surface area (Å²) < 4.78 is 43.2. The minimum absolute atomic E-state index is 0.00907. The number of nitrogens with zero attached hydrogens (tertiary/aromatic N) is 4. The largest absolute Gasteiger partial charge is 0.433 e. The molecule has 1 N–H and O–H groups in total. The van der Waals surface area contributed by atoms with Crippen LogP contribution in [0.1, 0.15) is 5.69 Å². The van der Waals surface area contributed by atoms with Crippen LogP contribution in [0.15, 0.2) is 48.8 Å². The quantitative estimate of drug-likeness (QED) is 0.534. The lowest BCUT2D eigenvalue weighted by Crippen LogP contribution is -2.04. The van der Waals surface area contributed by atoms with Crippen molar-refractivity contribution >= 4 is 21.4 Å². The number of halogens is 3. The predicted molar refractivity (Wildman–Crippen MR) is 94.5 cm³/mol. The van der Waals surface area contributed by atoms with Crippen molar-refractivity contribution in [3.8, 4) is 17.0 Å². The first-order chi connectivity index (χ1) is 13.1. The molecule has 0 aliphatic heterocycles. The van der Waals surface area contributed by atoms with Crippen molar-refractivity contribution in [1.29, 1.82) is 0 Å². The molecular formula is C17H12F3N5OS. The van der Waals surface area contributed by atoms with E-state index in [1.807, 2.05) is 0 Å². The Balaban J connectivity index is 1.42. The normalized spacial score (nSPS) is 11.3. The molecule has 0 aliphatic rings. The Morgan fingerprint density at radius 1 is 1.15 bits per heavy atom. The van der Waals surface area contributed by atoms with Crippen LogP contribution < -0.4 is 10.1 Å². The lowest BCUT2D eigenvalue weighted by Gasteiger charge is -2.05. The second-order valence-electron chi connectivity index (χ2n) is 5.48. The molecule has 0 spiro atoms. The van der Waals surface area contributed by atoms with E-state index in [1.54, 1.807) is 28.9 Å². The number of ether oxygens (including phenoxy) is 1. The summed E-state index contributed by atoms with van der Waals surface area (Å²) in [6.07, 6.45) is 3.01. The Labute approximate surface area is 155 Å². The average molecular weight is 391 g/mol. The Kier molecular flexibility index (Phi) is 4.63. The van der Waals surface area contributed by atoms with Crippen LogP contribution in [0, 0.1) is 5.82 Å². The van der Waals surface area contributed by atoms with E-state index in [9.17, 15) is 13.2 Å². The third kappa shape index (κ3) is 4.00. The van der Waals surface area contributed by atoms with Crippen molar-refractivity contribution in [3.63, 3.8) is 0 Å². The summed E-state index contributed by atoms with van der Waals surface area (Å²) in [7, 11) is 0. The number of hydrogen-bond donors (Lipinski definition) is 1. The fourth-order valence-corrected chi connectivity index (χ4v) is 3.16. The third-order valence-corrected chi connectivity index (χ3v) is 4.51. The van der Waals surface area contributed by atoms with Crippen LogP contribution in [0.4, 0.5) is 18.3 Å². The second kappa shape index (κ2) is 7.23. The molecule has 0 bridgehead atoms. The van der Waals surface area contributed by atoms with Gasteiger partial charge in [0, 0.05) is 5.56 Å². The number of benzene rings is 1. The minimum Gasteiger partial charge on any atom is -0.433 e. The molecule has 0 unspecified atom stereocenters. The lowest BCUT2D eigenvalue weighted by atomic mass is 10.2. The van der Waals surface area contributed by atoms with Crippen LogP contribution in [0.25, 0.3) is 16.2 Å². The monoisotopic (exact) mass is 391 g/mol. The smallest absolute Gasteiger partial charge is 0.387 e. The Morgan fingerprint density at radius 3 is 2.63 bits per heavy atom.